The number of quaternary nitrogens is 1. The fourth-order valence-electron chi connectivity index (χ4n) is 2.39. The molecule has 2 aromatic rings. The molecule has 0 aliphatic rings. The van der Waals surface area contributed by atoms with Crippen LogP contribution in [0.1, 0.15) is 37.1 Å². The number of halogens is 2. The van der Waals surface area contributed by atoms with Crippen molar-refractivity contribution < 1.29 is 10.1 Å². The molecule has 0 saturated carbocycles. The van der Waals surface area contributed by atoms with E-state index in [1.54, 1.807) is 0 Å². The molecular weight excluding hydrogens is 331 g/mol. The minimum Gasteiger partial charge on any atom is -0.345 e. The maximum atomic E-state index is 12.1. The number of carbonyl (C=O) groups excluding carboxylic acids is 1. The van der Waals surface area contributed by atoms with Gasteiger partial charge in [-0.3, -0.25) is 4.79 Å². The molecule has 0 radical (unpaired) electrons. The van der Waals surface area contributed by atoms with Gasteiger partial charge in [-0.05, 0) is 37.6 Å². The van der Waals surface area contributed by atoms with Crippen LogP contribution in [0.15, 0.2) is 48.5 Å². The molecule has 2 atom stereocenters. The molecule has 0 saturated heterocycles. The lowest BCUT2D eigenvalue weighted by Gasteiger charge is -2.16. The highest BCUT2D eigenvalue weighted by Gasteiger charge is 2.15. The van der Waals surface area contributed by atoms with E-state index in [4.69, 9.17) is 23.2 Å². The van der Waals surface area contributed by atoms with Gasteiger partial charge in [-0.2, -0.15) is 0 Å². The van der Waals surface area contributed by atoms with E-state index in [0.717, 1.165) is 11.1 Å². The van der Waals surface area contributed by atoms with Crippen LogP contribution in [0.2, 0.25) is 10.0 Å². The Bertz CT molecular complexity index is 658. The Balaban J connectivity index is 1.85. The second-order valence-electron chi connectivity index (χ2n) is 5.59. The highest BCUT2D eigenvalue weighted by Crippen LogP contribution is 2.21. The van der Waals surface area contributed by atoms with Gasteiger partial charge in [0.15, 0.2) is 6.54 Å². The molecule has 0 aliphatic carbocycles. The first-order valence-electron chi connectivity index (χ1n) is 7.60. The van der Waals surface area contributed by atoms with Crippen LogP contribution in [0.3, 0.4) is 0 Å². The zero-order chi connectivity index (χ0) is 16.8. The van der Waals surface area contributed by atoms with Crippen LogP contribution in [-0.4, -0.2) is 12.5 Å². The van der Waals surface area contributed by atoms with Crippen molar-refractivity contribution in [1.29, 1.82) is 0 Å². The van der Waals surface area contributed by atoms with Crippen molar-refractivity contribution in [3.8, 4) is 0 Å². The molecule has 2 rings (SSSR count). The van der Waals surface area contributed by atoms with Crippen molar-refractivity contribution >= 4 is 29.1 Å². The molecule has 0 aliphatic heterocycles. The number of hydrogen-bond acceptors (Lipinski definition) is 1. The molecule has 2 aromatic carbocycles. The Morgan fingerprint density at radius 3 is 2.39 bits per heavy atom. The van der Waals surface area contributed by atoms with Gasteiger partial charge in [-0.15, -0.1) is 0 Å². The summed E-state index contributed by atoms with van der Waals surface area (Å²) in [6.07, 6.45) is 0. The second kappa shape index (κ2) is 8.34. The molecule has 0 heterocycles. The minimum absolute atomic E-state index is 0.0155. The smallest absolute Gasteiger partial charge is 0.275 e. The number of amides is 1. The van der Waals surface area contributed by atoms with Crippen LogP contribution >= 0.6 is 23.2 Å². The molecule has 1 amide bonds. The standard InChI is InChI=1S/C18H20Cl2N2O/c1-12(14-7-9-15(19)10-8-14)21-11-18(23)22-13(2)16-5-3-4-6-17(16)20/h3-10,12-13,21H,11H2,1-2H3,(H,22,23)/p+1/t12-,13-/m0/s1. The number of benzene rings is 2. The molecule has 0 aromatic heterocycles. The van der Waals surface area contributed by atoms with Gasteiger partial charge in [0.25, 0.3) is 5.91 Å². The van der Waals surface area contributed by atoms with E-state index in [-0.39, 0.29) is 18.0 Å². The Morgan fingerprint density at radius 1 is 1.09 bits per heavy atom. The molecule has 0 bridgehead atoms. The Kier molecular flexibility index (Phi) is 6.46. The predicted molar refractivity (Wildman–Crippen MR) is 94.7 cm³/mol. The van der Waals surface area contributed by atoms with E-state index in [1.165, 1.54) is 0 Å². The quantitative estimate of drug-likeness (QED) is 0.821. The number of carbonyl (C=O) groups is 1. The summed E-state index contributed by atoms with van der Waals surface area (Å²) in [5.74, 6) is -0.0155. The van der Waals surface area contributed by atoms with Gasteiger partial charge < -0.3 is 10.6 Å². The summed E-state index contributed by atoms with van der Waals surface area (Å²) in [7, 11) is 0. The Labute approximate surface area is 147 Å². The zero-order valence-corrected chi connectivity index (χ0v) is 14.7. The zero-order valence-electron chi connectivity index (χ0n) is 13.2. The predicted octanol–water partition coefficient (Wildman–Crippen LogP) is 3.50. The summed E-state index contributed by atoms with van der Waals surface area (Å²) in [5, 5.41) is 6.36. The lowest BCUT2D eigenvalue weighted by atomic mass is 10.1. The monoisotopic (exact) mass is 351 g/mol. The lowest BCUT2D eigenvalue weighted by Crippen LogP contribution is -2.87. The van der Waals surface area contributed by atoms with E-state index >= 15 is 0 Å². The minimum atomic E-state index is -0.115. The third-order valence-electron chi connectivity index (χ3n) is 3.80. The normalized spacial score (nSPS) is 13.4. The molecule has 5 heteroatoms. The van der Waals surface area contributed by atoms with Crippen molar-refractivity contribution in [2.24, 2.45) is 0 Å². The highest BCUT2D eigenvalue weighted by molar-refractivity contribution is 6.31. The molecule has 122 valence electrons. The second-order valence-corrected chi connectivity index (χ2v) is 6.43. The molecule has 0 spiro atoms. The number of hydrogen-bond donors (Lipinski definition) is 2. The molecule has 3 N–H and O–H groups in total. The first kappa shape index (κ1) is 17.8. The van der Waals surface area contributed by atoms with E-state index in [0.29, 0.717) is 16.6 Å². The van der Waals surface area contributed by atoms with E-state index in [1.807, 2.05) is 60.8 Å². The number of nitrogens with one attached hydrogen (secondary N) is 1. The summed E-state index contributed by atoms with van der Waals surface area (Å²) in [6, 6.07) is 15.3. The molecule has 0 fully saturated rings. The van der Waals surface area contributed by atoms with Gasteiger partial charge >= 0.3 is 0 Å². The van der Waals surface area contributed by atoms with Crippen molar-refractivity contribution in [2.75, 3.05) is 6.54 Å². The summed E-state index contributed by atoms with van der Waals surface area (Å²) in [5.41, 5.74) is 2.06. The van der Waals surface area contributed by atoms with Gasteiger partial charge in [-0.25, -0.2) is 0 Å². The van der Waals surface area contributed by atoms with E-state index in [2.05, 4.69) is 12.2 Å². The first-order chi connectivity index (χ1) is 11.0. The van der Waals surface area contributed by atoms with E-state index < -0.39 is 0 Å². The van der Waals surface area contributed by atoms with Crippen LogP contribution in [0.25, 0.3) is 0 Å². The summed E-state index contributed by atoms with van der Waals surface area (Å²) < 4.78 is 0. The summed E-state index contributed by atoms with van der Waals surface area (Å²) >= 11 is 12.0. The first-order valence-corrected chi connectivity index (χ1v) is 8.35. The third kappa shape index (κ3) is 5.24. The topological polar surface area (TPSA) is 45.7 Å². The van der Waals surface area contributed by atoms with Gasteiger partial charge in [0, 0.05) is 15.6 Å². The molecule has 0 unspecified atom stereocenters. The van der Waals surface area contributed by atoms with Crippen LogP contribution in [0, 0.1) is 0 Å². The molecular formula is C18H21Cl2N2O+. The summed E-state index contributed by atoms with van der Waals surface area (Å²) in [6.45, 7) is 4.36. The Morgan fingerprint density at radius 2 is 1.74 bits per heavy atom. The third-order valence-corrected chi connectivity index (χ3v) is 4.40. The van der Waals surface area contributed by atoms with Crippen molar-refractivity contribution in [3.05, 3.63) is 69.7 Å². The lowest BCUT2D eigenvalue weighted by molar-refractivity contribution is -0.682. The average Bonchev–Trinajstić information content (AvgIpc) is 2.53. The Hall–Kier alpha value is -1.55. The van der Waals surface area contributed by atoms with Crippen LogP contribution in [0.5, 0.6) is 0 Å². The van der Waals surface area contributed by atoms with Gasteiger partial charge in [0.1, 0.15) is 6.04 Å². The van der Waals surface area contributed by atoms with Crippen molar-refractivity contribution in [1.82, 2.24) is 5.32 Å². The largest absolute Gasteiger partial charge is 0.345 e. The number of nitrogens with two attached hydrogens (primary N) is 1. The SMILES string of the molecule is C[C@H](NC(=O)C[NH2+][C@@H](C)c1ccc(Cl)cc1)c1ccccc1Cl. The van der Waals surface area contributed by atoms with Gasteiger partial charge in [-0.1, -0.05) is 53.5 Å². The van der Waals surface area contributed by atoms with Crippen LogP contribution in [-0.2, 0) is 4.79 Å². The maximum absolute atomic E-state index is 12.1. The fourth-order valence-corrected chi connectivity index (χ4v) is 2.82. The van der Waals surface area contributed by atoms with E-state index in [9.17, 15) is 4.79 Å². The maximum Gasteiger partial charge on any atom is 0.275 e. The average molecular weight is 352 g/mol. The van der Waals surface area contributed by atoms with Crippen LogP contribution < -0.4 is 10.6 Å². The van der Waals surface area contributed by atoms with Crippen LogP contribution in [0.4, 0.5) is 0 Å². The van der Waals surface area contributed by atoms with Crippen molar-refractivity contribution in [2.45, 2.75) is 25.9 Å². The van der Waals surface area contributed by atoms with Gasteiger partial charge in [0.2, 0.25) is 0 Å². The summed E-state index contributed by atoms with van der Waals surface area (Å²) in [4.78, 5) is 12.1. The highest BCUT2D eigenvalue weighted by atomic mass is 35.5. The van der Waals surface area contributed by atoms with Crippen molar-refractivity contribution in [3.63, 3.8) is 0 Å². The number of rotatable bonds is 6. The van der Waals surface area contributed by atoms with Gasteiger partial charge in [0.05, 0.1) is 6.04 Å². The fraction of sp³-hybridized carbons (Fsp3) is 0.278. The molecule has 3 nitrogen and oxygen atoms in total. The molecule has 23 heavy (non-hydrogen) atoms.